The van der Waals surface area contributed by atoms with Gasteiger partial charge in [0.15, 0.2) is 0 Å². The van der Waals surface area contributed by atoms with Gasteiger partial charge in [-0.1, -0.05) is 6.07 Å². The molecular weight excluding hydrogens is 401 g/mol. The van der Waals surface area contributed by atoms with Gasteiger partial charge in [0.25, 0.3) is 5.91 Å². The molecule has 4 rings (SSSR count). The predicted octanol–water partition coefficient (Wildman–Crippen LogP) is 3.51. The van der Waals surface area contributed by atoms with E-state index >= 15 is 0 Å². The first-order chi connectivity index (χ1) is 11.1. The van der Waals surface area contributed by atoms with Crippen LogP contribution in [0.3, 0.4) is 0 Å². The molecule has 0 saturated carbocycles. The fourth-order valence-corrected chi connectivity index (χ4v) is 3.65. The lowest BCUT2D eigenvalue weighted by atomic mass is 10.0. The summed E-state index contributed by atoms with van der Waals surface area (Å²) in [7, 11) is 4.04. The average Bonchev–Trinajstić information content (AvgIpc) is 2.80. The number of hydrogen-bond acceptors (Lipinski definition) is 3. The van der Waals surface area contributed by atoms with Gasteiger partial charge in [-0.2, -0.15) is 0 Å². The molecule has 0 unspecified atom stereocenters. The van der Waals surface area contributed by atoms with E-state index < -0.39 is 0 Å². The Bertz CT molecular complexity index is 952. The van der Waals surface area contributed by atoms with E-state index in [9.17, 15) is 4.79 Å². The number of likely N-dealkylation sites (N-methyl/N-ethyl adjacent to an activating group) is 1. The van der Waals surface area contributed by atoms with E-state index in [0.29, 0.717) is 6.54 Å². The van der Waals surface area contributed by atoms with E-state index in [-0.39, 0.29) is 5.91 Å². The van der Waals surface area contributed by atoms with Crippen LogP contribution in [-0.2, 0) is 0 Å². The molecule has 0 atom stereocenters. The van der Waals surface area contributed by atoms with E-state index in [0.717, 1.165) is 43.2 Å². The standard InChI is InChI=1S/C18H16IN3O/c1-21(2)8-9-22-15-5-3-4-14-17(15)16(18(22)23)12-10-11(19)6-7-13(12)20-14/h3-7,10H,8-9H2,1-2H3. The van der Waals surface area contributed by atoms with Gasteiger partial charge in [0.05, 0.1) is 22.3 Å². The highest BCUT2D eigenvalue weighted by molar-refractivity contribution is 14.1. The Kier molecular flexibility index (Phi) is 3.50. The Balaban J connectivity index is 1.99. The van der Waals surface area contributed by atoms with Crippen LogP contribution in [0, 0.1) is 3.57 Å². The Morgan fingerprint density at radius 2 is 2.00 bits per heavy atom. The molecule has 1 aromatic heterocycles. The van der Waals surface area contributed by atoms with Gasteiger partial charge in [-0.25, -0.2) is 4.98 Å². The van der Waals surface area contributed by atoms with Gasteiger partial charge in [-0.3, -0.25) is 4.79 Å². The molecule has 0 N–H and O–H groups in total. The van der Waals surface area contributed by atoms with Crippen molar-refractivity contribution in [3.63, 3.8) is 0 Å². The number of benzene rings is 2. The van der Waals surface area contributed by atoms with Crippen molar-refractivity contribution < 1.29 is 4.79 Å². The molecule has 5 heteroatoms. The Labute approximate surface area is 148 Å². The zero-order valence-corrected chi connectivity index (χ0v) is 15.2. The number of pyridine rings is 1. The van der Waals surface area contributed by atoms with Crippen LogP contribution in [0.1, 0.15) is 10.4 Å². The molecule has 1 aliphatic rings. The van der Waals surface area contributed by atoms with Crippen molar-refractivity contribution in [1.29, 1.82) is 0 Å². The highest BCUT2D eigenvalue weighted by Gasteiger charge is 2.32. The number of halogens is 1. The van der Waals surface area contributed by atoms with Gasteiger partial charge in [0.2, 0.25) is 0 Å². The van der Waals surface area contributed by atoms with Crippen LogP contribution in [0.25, 0.3) is 21.8 Å². The fraction of sp³-hybridized carbons (Fsp3) is 0.222. The summed E-state index contributed by atoms with van der Waals surface area (Å²) < 4.78 is 1.12. The van der Waals surface area contributed by atoms with Crippen LogP contribution in [0.15, 0.2) is 36.4 Å². The number of amides is 1. The molecule has 116 valence electrons. The van der Waals surface area contributed by atoms with Gasteiger partial charge in [0.1, 0.15) is 0 Å². The first-order valence-corrected chi connectivity index (χ1v) is 8.63. The van der Waals surface area contributed by atoms with Crippen molar-refractivity contribution in [2.24, 2.45) is 0 Å². The minimum Gasteiger partial charge on any atom is -0.308 e. The minimum atomic E-state index is 0.0902. The maximum atomic E-state index is 13.1. The summed E-state index contributed by atoms with van der Waals surface area (Å²) in [5, 5.41) is 1.94. The van der Waals surface area contributed by atoms with Gasteiger partial charge >= 0.3 is 0 Å². The number of fused-ring (bicyclic) bond motifs is 2. The summed E-state index contributed by atoms with van der Waals surface area (Å²) in [4.78, 5) is 21.8. The van der Waals surface area contributed by atoms with Crippen LogP contribution in [-0.4, -0.2) is 43.0 Å². The monoisotopic (exact) mass is 417 g/mol. The first-order valence-electron chi connectivity index (χ1n) is 7.55. The van der Waals surface area contributed by atoms with E-state index in [1.165, 1.54) is 0 Å². The second-order valence-electron chi connectivity index (χ2n) is 6.08. The van der Waals surface area contributed by atoms with E-state index in [4.69, 9.17) is 4.98 Å². The maximum Gasteiger partial charge on any atom is 0.259 e. The summed E-state index contributed by atoms with van der Waals surface area (Å²) in [5.74, 6) is 0.0902. The van der Waals surface area contributed by atoms with Crippen molar-refractivity contribution in [2.75, 3.05) is 32.1 Å². The molecule has 23 heavy (non-hydrogen) atoms. The molecule has 1 aliphatic heterocycles. The molecule has 3 aromatic rings. The molecular formula is C18H16IN3O. The Morgan fingerprint density at radius 3 is 2.78 bits per heavy atom. The lowest BCUT2D eigenvalue weighted by Crippen LogP contribution is -2.34. The van der Waals surface area contributed by atoms with E-state index in [1.54, 1.807) is 0 Å². The number of aromatic nitrogens is 1. The molecule has 2 heterocycles. The second kappa shape index (κ2) is 5.42. The molecule has 0 fully saturated rings. The number of rotatable bonds is 3. The quantitative estimate of drug-likeness (QED) is 0.484. The summed E-state index contributed by atoms with van der Waals surface area (Å²) in [5.41, 5.74) is 3.57. The fourth-order valence-electron chi connectivity index (χ4n) is 3.16. The molecule has 0 spiro atoms. The van der Waals surface area contributed by atoms with Crippen molar-refractivity contribution in [3.05, 3.63) is 45.5 Å². The van der Waals surface area contributed by atoms with Gasteiger partial charge in [-0.05, 0) is 67.0 Å². The van der Waals surface area contributed by atoms with Gasteiger partial charge in [0, 0.05) is 27.4 Å². The number of anilines is 1. The number of hydrogen-bond donors (Lipinski definition) is 0. The highest BCUT2D eigenvalue weighted by Crippen LogP contribution is 2.40. The molecule has 2 aromatic carbocycles. The minimum absolute atomic E-state index is 0.0902. The summed E-state index contributed by atoms with van der Waals surface area (Å²) >= 11 is 2.28. The van der Waals surface area contributed by atoms with Crippen molar-refractivity contribution in [3.8, 4) is 0 Å². The number of nitrogens with zero attached hydrogens (tertiary/aromatic N) is 3. The predicted molar refractivity (Wildman–Crippen MR) is 102 cm³/mol. The van der Waals surface area contributed by atoms with Crippen molar-refractivity contribution >= 4 is 56.0 Å². The van der Waals surface area contributed by atoms with Crippen molar-refractivity contribution in [2.45, 2.75) is 0 Å². The largest absolute Gasteiger partial charge is 0.308 e. The maximum absolute atomic E-state index is 13.1. The molecule has 1 amide bonds. The molecule has 0 bridgehead atoms. The van der Waals surface area contributed by atoms with Gasteiger partial charge < -0.3 is 9.80 Å². The smallest absolute Gasteiger partial charge is 0.259 e. The summed E-state index contributed by atoms with van der Waals surface area (Å²) in [6.07, 6.45) is 0. The zero-order chi connectivity index (χ0) is 16.1. The first kappa shape index (κ1) is 14.8. The van der Waals surface area contributed by atoms with Crippen LogP contribution < -0.4 is 4.90 Å². The second-order valence-corrected chi connectivity index (χ2v) is 7.33. The molecule has 4 nitrogen and oxygen atoms in total. The molecule has 0 saturated heterocycles. The van der Waals surface area contributed by atoms with Gasteiger partial charge in [-0.15, -0.1) is 0 Å². The topological polar surface area (TPSA) is 36.4 Å². The number of carbonyl (C=O) groups excluding carboxylic acids is 1. The Morgan fingerprint density at radius 1 is 1.17 bits per heavy atom. The Hall–Kier alpha value is -1.73. The SMILES string of the molecule is CN(C)CCN1C(=O)c2c3cc(I)ccc3nc3cccc1c23. The van der Waals surface area contributed by atoms with Crippen LogP contribution in [0.4, 0.5) is 5.69 Å². The van der Waals surface area contributed by atoms with Crippen LogP contribution in [0.2, 0.25) is 0 Å². The van der Waals surface area contributed by atoms with E-state index in [2.05, 4.69) is 33.6 Å². The van der Waals surface area contributed by atoms with E-state index in [1.807, 2.05) is 49.3 Å². The lowest BCUT2D eigenvalue weighted by Gasteiger charge is -2.20. The normalized spacial score (nSPS) is 13.7. The summed E-state index contributed by atoms with van der Waals surface area (Å²) in [6.45, 7) is 1.52. The molecule has 0 aliphatic carbocycles. The van der Waals surface area contributed by atoms with Crippen LogP contribution in [0.5, 0.6) is 0 Å². The van der Waals surface area contributed by atoms with Crippen LogP contribution >= 0.6 is 22.6 Å². The zero-order valence-electron chi connectivity index (χ0n) is 13.0. The third-order valence-electron chi connectivity index (χ3n) is 4.26. The highest BCUT2D eigenvalue weighted by atomic mass is 127. The lowest BCUT2D eigenvalue weighted by molar-refractivity contribution is 0.0993. The number of carbonyl (C=O) groups is 1. The average molecular weight is 417 g/mol. The third-order valence-corrected chi connectivity index (χ3v) is 4.93. The van der Waals surface area contributed by atoms with Crippen molar-refractivity contribution in [1.82, 2.24) is 9.88 Å². The molecule has 0 radical (unpaired) electrons. The summed E-state index contributed by atoms with van der Waals surface area (Å²) in [6, 6.07) is 12.1. The third kappa shape index (κ3) is 2.30.